The van der Waals surface area contributed by atoms with Crippen molar-refractivity contribution in [2.24, 2.45) is 0 Å². The van der Waals surface area contributed by atoms with Gasteiger partial charge >= 0.3 is 0 Å². The predicted octanol–water partition coefficient (Wildman–Crippen LogP) is 1.64. The zero-order valence-electron chi connectivity index (χ0n) is 9.64. The van der Waals surface area contributed by atoms with Gasteiger partial charge in [0.15, 0.2) is 6.61 Å². The van der Waals surface area contributed by atoms with E-state index >= 15 is 0 Å². The number of ether oxygens (including phenoxy) is 1. The highest BCUT2D eigenvalue weighted by molar-refractivity contribution is 5.77. The van der Waals surface area contributed by atoms with E-state index in [-0.39, 0.29) is 18.3 Å². The molecule has 0 atom stereocenters. The van der Waals surface area contributed by atoms with Crippen LogP contribution in [0.5, 0.6) is 11.5 Å². The number of likely N-dealkylation sites (N-methyl/N-ethyl adjacent to an activating group) is 1. The third-order valence-electron chi connectivity index (χ3n) is 2.30. The molecule has 0 heterocycles. The third-order valence-corrected chi connectivity index (χ3v) is 2.30. The zero-order chi connectivity index (χ0) is 12.0. The van der Waals surface area contributed by atoms with E-state index < -0.39 is 0 Å². The molecule has 0 bridgehead atoms. The molecule has 0 aromatic heterocycles. The SMILES string of the molecule is CCN(CC)C(=O)COc1cccc(O)c1. The van der Waals surface area contributed by atoms with Gasteiger partial charge in [-0.25, -0.2) is 0 Å². The molecule has 88 valence electrons. The molecule has 4 heteroatoms. The van der Waals surface area contributed by atoms with Crippen LogP contribution in [0.3, 0.4) is 0 Å². The normalized spacial score (nSPS) is 9.88. The minimum atomic E-state index is -0.0478. The standard InChI is InChI=1S/C12H17NO3/c1-3-13(4-2)12(15)9-16-11-7-5-6-10(14)8-11/h5-8,14H,3-4,9H2,1-2H3. The van der Waals surface area contributed by atoms with Gasteiger partial charge in [-0.15, -0.1) is 0 Å². The minimum Gasteiger partial charge on any atom is -0.508 e. The van der Waals surface area contributed by atoms with Crippen molar-refractivity contribution in [1.29, 1.82) is 0 Å². The lowest BCUT2D eigenvalue weighted by molar-refractivity contribution is -0.132. The summed E-state index contributed by atoms with van der Waals surface area (Å²) in [5, 5.41) is 9.20. The van der Waals surface area contributed by atoms with Gasteiger partial charge in [-0.1, -0.05) is 6.07 Å². The van der Waals surface area contributed by atoms with Gasteiger partial charge < -0.3 is 14.7 Å². The second-order valence-corrected chi connectivity index (χ2v) is 3.35. The number of amides is 1. The summed E-state index contributed by atoms with van der Waals surface area (Å²) < 4.78 is 5.28. The van der Waals surface area contributed by atoms with Crippen molar-refractivity contribution in [2.45, 2.75) is 13.8 Å². The van der Waals surface area contributed by atoms with Crippen LogP contribution < -0.4 is 4.74 Å². The van der Waals surface area contributed by atoms with E-state index in [0.29, 0.717) is 18.8 Å². The maximum Gasteiger partial charge on any atom is 0.260 e. The summed E-state index contributed by atoms with van der Waals surface area (Å²) in [6.07, 6.45) is 0. The summed E-state index contributed by atoms with van der Waals surface area (Å²) in [5.74, 6) is 0.585. The summed E-state index contributed by atoms with van der Waals surface area (Å²) in [6.45, 7) is 5.22. The average molecular weight is 223 g/mol. The third kappa shape index (κ3) is 3.46. The summed E-state index contributed by atoms with van der Waals surface area (Å²) in [6, 6.07) is 6.41. The highest BCUT2D eigenvalue weighted by Gasteiger charge is 2.09. The molecule has 0 aliphatic rings. The summed E-state index contributed by atoms with van der Waals surface area (Å²) in [4.78, 5) is 13.3. The minimum absolute atomic E-state index is 0.00509. The molecule has 0 fully saturated rings. The molecule has 0 saturated heterocycles. The van der Waals surface area contributed by atoms with E-state index in [1.165, 1.54) is 6.07 Å². The quantitative estimate of drug-likeness (QED) is 0.825. The van der Waals surface area contributed by atoms with Gasteiger partial charge in [0.25, 0.3) is 5.91 Å². The Morgan fingerprint density at radius 1 is 1.38 bits per heavy atom. The van der Waals surface area contributed by atoms with Crippen LogP contribution in [-0.4, -0.2) is 35.6 Å². The van der Waals surface area contributed by atoms with Crippen molar-refractivity contribution in [3.63, 3.8) is 0 Å². The number of aromatic hydroxyl groups is 1. The molecule has 1 rings (SSSR count). The Labute approximate surface area is 95.5 Å². The molecule has 16 heavy (non-hydrogen) atoms. The molecule has 1 N–H and O–H groups in total. The maximum atomic E-state index is 11.6. The Bertz CT molecular complexity index is 348. The molecule has 1 aromatic rings. The first-order valence-corrected chi connectivity index (χ1v) is 5.37. The van der Waals surface area contributed by atoms with Gasteiger partial charge in [0, 0.05) is 19.2 Å². The van der Waals surface area contributed by atoms with Crippen molar-refractivity contribution < 1.29 is 14.6 Å². The van der Waals surface area contributed by atoms with Gasteiger partial charge in [0.05, 0.1) is 0 Å². The van der Waals surface area contributed by atoms with Crippen molar-refractivity contribution in [3.05, 3.63) is 24.3 Å². The van der Waals surface area contributed by atoms with Gasteiger partial charge in [-0.3, -0.25) is 4.79 Å². The highest BCUT2D eigenvalue weighted by atomic mass is 16.5. The van der Waals surface area contributed by atoms with Crippen LogP contribution in [0, 0.1) is 0 Å². The van der Waals surface area contributed by atoms with E-state index in [1.807, 2.05) is 13.8 Å². The monoisotopic (exact) mass is 223 g/mol. The van der Waals surface area contributed by atoms with Crippen molar-refractivity contribution in [3.8, 4) is 11.5 Å². The summed E-state index contributed by atoms with van der Waals surface area (Å²) in [5.41, 5.74) is 0. The number of carbonyl (C=O) groups excluding carboxylic acids is 1. The number of benzene rings is 1. The first-order valence-electron chi connectivity index (χ1n) is 5.37. The predicted molar refractivity (Wildman–Crippen MR) is 61.5 cm³/mol. The van der Waals surface area contributed by atoms with Crippen LogP contribution in [0.2, 0.25) is 0 Å². The number of carbonyl (C=O) groups is 1. The van der Waals surface area contributed by atoms with E-state index in [4.69, 9.17) is 4.74 Å². The first kappa shape index (κ1) is 12.4. The summed E-state index contributed by atoms with van der Waals surface area (Å²) in [7, 11) is 0. The van der Waals surface area contributed by atoms with Crippen LogP contribution >= 0.6 is 0 Å². The Morgan fingerprint density at radius 3 is 2.62 bits per heavy atom. The number of hydrogen-bond acceptors (Lipinski definition) is 3. The molecule has 0 radical (unpaired) electrons. The molecule has 0 unspecified atom stereocenters. The van der Waals surface area contributed by atoms with Crippen LogP contribution in [0.15, 0.2) is 24.3 Å². The number of phenolic OH excluding ortho intramolecular Hbond substituents is 1. The molecule has 0 aliphatic heterocycles. The molecule has 1 aromatic carbocycles. The fourth-order valence-electron chi connectivity index (χ4n) is 1.39. The van der Waals surface area contributed by atoms with Gasteiger partial charge in [-0.2, -0.15) is 0 Å². The van der Waals surface area contributed by atoms with Gasteiger partial charge in [0.2, 0.25) is 0 Å². The number of rotatable bonds is 5. The van der Waals surface area contributed by atoms with E-state index in [9.17, 15) is 9.90 Å². The topological polar surface area (TPSA) is 49.8 Å². The molecule has 1 amide bonds. The fraction of sp³-hybridized carbons (Fsp3) is 0.417. The maximum absolute atomic E-state index is 11.6. The molecular formula is C12H17NO3. The van der Waals surface area contributed by atoms with Crippen molar-refractivity contribution >= 4 is 5.91 Å². The smallest absolute Gasteiger partial charge is 0.260 e. The van der Waals surface area contributed by atoms with E-state index in [2.05, 4.69) is 0 Å². The molecule has 4 nitrogen and oxygen atoms in total. The fourth-order valence-corrected chi connectivity index (χ4v) is 1.39. The largest absolute Gasteiger partial charge is 0.508 e. The van der Waals surface area contributed by atoms with E-state index in [0.717, 1.165) is 0 Å². The number of nitrogens with zero attached hydrogens (tertiary/aromatic N) is 1. The zero-order valence-corrected chi connectivity index (χ0v) is 9.64. The molecular weight excluding hydrogens is 206 g/mol. The van der Waals surface area contributed by atoms with Crippen LogP contribution in [0.1, 0.15) is 13.8 Å². The van der Waals surface area contributed by atoms with Crippen LogP contribution in [0.4, 0.5) is 0 Å². The lowest BCUT2D eigenvalue weighted by atomic mass is 10.3. The Balaban J connectivity index is 2.48. The van der Waals surface area contributed by atoms with Crippen molar-refractivity contribution in [1.82, 2.24) is 4.90 Å². The number of hydrogen-bond donors (Lipinski definition) is 1. The lowest BCUT2D eigenvalue weighted by Crippen LogP contribution is -2.34. The van der Waals surface area contributed by atoms with E-state index in [1.54, 1.807) is 23.1 Å². The van der Waals surface area contributed by atoms with Crippen LogP contribution in [0.25, 0.3) is 0 Å². The average Bonchev–Trinajstić information content (AvgIpc) is 2.28. The molecule has 0 spiro atoms. The van der Waals surface area contributed by atoms with Gasteiger partial charge in [-0.05, 0) is 26.0 Å². The first-order chi connectivity index (χ1) is 7.67. The van der Waals surface area contributed by atoms with Crippen molar-refractivity contribution in [2.75, 3.05) is 19.7 Å². The Morgan fingerprint density at radius 2 is 2.06 bits per heavy atom. The Kier molecular flexibility index (Phi) is 4.64. The summed E-state index contributed by atoms with van der Waals surface area (Å²) >= 11 is 0. The Hall–Kier alpha value is -1.71. The molecule has 0 saturated carbocycles. The highest BCUT2D eigenvalue weighted by Crippen LogP contribution is 2.17. The van der Waals surface area contributed by atoms with Crippen LogP contribution in [-0.2, 0) is 4.79 Å². The second kappa shape index (κ2) is 6.00. The molecule has 0 aliphatic carbocycles. The lowest BCUT2D eigenvalue weighted by Gasteiger charge is -2.18. The van der Waals surface area contributed by atoms with Gasteiger partial charge in [0.1, 0.15) is 11.5 Å². The number of phenols is 1. The second-order valence-electron chi connectivity index (χ2n) is 3.35.